The van der Waals surface area contributed by atoms with Gasteiger partial charge in [-0.3, -0.25) is 0 Å². The Morgan fingerprint density at radius 3 is 2.87 bits per heavy atom. The zero-order valence-electron chi connectivity index (χ0n) is 7.49. The largest absolute Gasteiger partial charge is 0.247 e. The summed E-state index contributed by atoms with van der Waals surface area (Å²) in [6.07, 6.45) is 1.61. The predicted octanol–water partition coefficient (Wildman–Crippen LogP) is 2.72. The van der Waals surface area contributed by atoms with Crippen LogP contribution < -0.4 is 0 Å². The van der Waals surface area contributed by atoms with Crippen molar-refractivity contribution in [1.82, 2.24) is 14.8 Å². The van der Waals surface area contributed by atoms with Crippen LogP contribution >= 0.6 is 34.2 Å². The maximum Gasteiger partial charge on any atom is 0.211 e. The molecule has 0 aliphatic heterocycles. The van der Waals surface area contributed by atoms with Crippen LogP contribution in [0.15, 0.2) is 24.5 Å². The van der Waals surface area contributed by atoms with E-state index in [1.54, 1.807) is 17.1 Å². The fourth-order valence-corrected chi connectivity index (χ4v) is 1.69. The van der Waals surface area contributed by atoms with E-state index in [-0.39, 0.29) is 5.02 Å². The number of rotatable bonds is 2. The van der Waals surface area contributed by atoms with Crippen molar-refractivity contribution in [3.05, 3.63) is 44.8 Å². The van der Waals surface area contributed by atoms with Crippen molar-refractivity contribution in [2.45, 2.75) is 6.54 Å². The Labute approximate surface area is 104 Å². The number of aromatic nitrogens is 3. The molecule has 0 aliphatic carbocycles. The van der Waals surface area contributed by atoms with Gasteiger partial charge >= 0.3 is 0 Å². The van der Waals surface area contributed by atoms with Crippen molar-refractivity contribution < 1.29 is 4.39 Å². The molecule has 0 saturated carbocycles. The van der Waals surface area contributed by atoms with Gasteiger partial charge in [-0.05, 0) is 17.7 Å². The summed E-state index contributed by atoms with van der Waals surface area (Å²) in [5, 5.41) is 4.23. The van der Waals surface area contributed by atoms with Gasteiger partial charge in [0, 0.05) is 22.6 Å². The first kappa shape index (κ1) is 10.8. The quantitative estimate of drug-likeness (QED) is 0.789. The van der Waals surface area contributed by atoms with E-state index >= 15 is 0 Å². The van der Waals surface area contributed by atoms with Crippen LogP contribution in [0, 0.1) is 9.65 Å². The van der Waals surface area contributed by atoms with E-state index in [9.17, 15) is 4.39 Å². The van der Waals surface area contributed by atoms with E-state index in [1.165, 1.54) is 12.1 Å². The molecule has 0 radical (unpaired) electrons. The van der Waals surface area contributed by atoms with Gasteiger partial charge in [0.05, 0.1) is 11.6 Å². The van der Waals surface area contributed by atoms with Crippen molar-refractivity contribution in [2.24, 2.45) is 0 Å². The lowest BCUT2D eigenvalue weighted by Gasteiger charge is -2.01. The molecular weight excluding hydrogens is 331 g/mol. The number of benzene rings is 1. The van der Waals surface area contributed by atoms with Crippen molar-refractivity contribution in [3.8, 4) is 0 Å². The van der Waals surface area contributed by atoms with E-state index < -0.39 is 5.82 Å². The Hall–Kier alpha value is -0.690. The molecule has 2 aromatic rings. The lowest BCUT2D eigenvalue weighted by Crippen LogP contribution is -2.00. The number of halogens is 3. The maximum absolute atomic E-state index is 13.1. The first-order valence-electron chi connectivity index (χ1n) is 4.14. The Morgan fingerprint density at radius 1 is 1.47 bits per heavy atom. The SMILES string of the molecule is Fc1cc(Cn2cnc(I)n2)ccc1Cl. The lowest BCUT2D eigenvalue weighted by molar-refractivity contribution is 0.619. The molecule has 0 saturated heterocycles. The van der Waals surface area contributed by atoms with Gasteiger partial charge in [0.15, 0.2) is 0 Å². The minimum absolute atomic E-state index is 0.131. The zero-order chi connectivity index (χ0) is 10.8. The Kier molecular flexibility index (Phi) is 3.20. The third kappa shape index (κ3) is 2.66. The number of nitrogens with zero attached hydrogens (tertiary/aromatic N) is 3. The van der Waals surface area contributed by atoms with E-state index in [0.717, 1.165) is 5.56 Å². The van der Waals surface area contributed by atoms with Crippen LogP contribution in [0.25, 0.3) is 0 Å². The summed E-state index contributed by atoms with van der Waals surface area (Å²) >= 11 is 7.59. The van der Waals surface area contributed by atoms with E-state index in [4.69, 9.17) is 11.6 Å². The minimum Gasteiger partial charge on any atom is -0.247 e. The van der Waals surface area contributed by atoms with Gasteiger partial charge in [-0.15, -0.1) is 5.10 Å². The molecule has 0 atom stereocenters. The third-order valence-electron chi connectivity index (χ3n) is 1.84. The van der Waals surface area contributed by atoms with Crippen LogP contribution in [0.2, 0.25) is 5.02 Å². The van der Waals surface area contributed by atoms with Gasteiger partial charge in [0.1, 0.15) is 12.1 Å². The highest BCUT2D eigenvalue weighted by Crippen LogP contribution is 2.16. The maximum atomic E-state index is 13.1. The molecule has 6 heteroatoms. The standard InChI is InChI=1S/C9H6ClFIN3/c10-7-2-1-6(3-8(7)11)4-15-5-13-9(12)14-15/h1-3,5H,4H2. The highest BCUT2D eigenvalue weighted by molar-refractivity contribution is 14.1. The van der Waals surface area contributed by atoms with Gasteiger partial charge in [-0.2, -0.15) is 0 Å². The number of hydrogen-bond acceptors (Lipinski definition) is 2. The Morgan fingerprint density at radius 2 is 2.27 bits per heavy atom. The van der Waals surface area contributed by atoms with Gasteiger partial charge in [0.2, 0.25) is 3.83 Å². The van der Waals surface area contributed by atoms with Gasteiger partial charge in [-0.25, -0.2) is 14.1 Å². The highest BCUT2D eigenvalue weighted by Gasteiger charge is 2.02. The summed E-state index contributed by atoms with van der Waals surface area (Å²) in [5.41, 5.74) is 0.804. The molecule has 1 aromatic heterocycles. The summed E-state index contributed by atoms with van der Waals surface area (Å²) in [5.74, 6) is -0.413. The summed E-state index contributed by atoms with van der Waals surface area (Å²) in [6.45, 7) is 0.490. The molecule has 0 aliphatic rings. The van der Waals surface area contributed by atoms with Crippen LogP contribution in [0.4, 0.5) is 4.39 Å². The molecule has 0 unspecified atom stereocenters. The molecule has 1 aromatic carbocycles. The lowest BCUT2D eigenvalue weighted by atomic mass is 10.2. The first-order chi connectivity index (χ1) is 7.15. The van der Waals surface area contributed by atoms with Gasteiger partial charge in [-0.1, -0.05) is 17.7 Å². The van der Waals surface area contributed by atoms with Crippen LogP contribution in [-0.2, 0) is 6.54 Å². The van der Waals surface area contributed by atoms with Crippen molar-refractivity contribution in [1.29, 1.82) is 0 Å². The average Bonchev–Trinajstić information content (AvgIpc) is 2.58. The third-order valence-corrected chi connectivity index (χ3v) is 2.64. The summed E-state index contributed by atoms with van der Waals surface area (Å²) in [6, 6.07) is 4.70. The van der Waals surface area contributed by atoms with Gasteiger partial charge < -0.3 is 0 Å². The first-order valence-corrected chi connectivity index (χ1v) is 5.60. The molecule has 78 valence electrons. The second kappa shape index (κ2) is 4.44. The molecule has 0 fully saturated rings. The molecular formula is C9H6ClFIN3. The predicted molar refractivity (Wildman–Crippen MR) is 63.3 cm³/mol. The molecule has 2 rings (SSSR count). The van der Waals surface area contributed by atoms with Gasteiger partial charge in [0.25, 0.3) is 0 Å². The average molecular weight is 338 g/mol. The smallest absolute Gasteiger partial charge is 0.211 e. The fourth-order valence-electron chi connectivity index (χ4n) is 1.17. The summed E-state index contributed by atoms with van der Waals surface area (Å²) in [4.78, 5) is 3.97. The Balaban J connectivity index is 2.21. The van der Waals surface area contributed by atoms with E-state index in [2.05, 4.69) is 10.1 Å². The molecule has 1 heterocycles. The molecule has 0 bridgehead atoms. The van der Waals surface area contributed by atoms with E-state index in [0.29, 0.717) is 10.4 Å². The topological polar surface area (TPSA) is 30.7 Å². The van der Waals surface area contributed by atoms with Crippen LogP contribution in [0.1, 0.15) is 5.56 Å². The van der Waals surface area contributed by atoms with E-state index in [1.807, 2.05) is 22.6 Å². The van der Waals surface area contributed by atoms with Crippen LogP contribution in [0.5, 0.6) is 0 Å². The fraction of sp³-hybridized carbons (Fsp3) is 0.111. The second-order valence-electron chi connectivity index (χ2n) is 2.96. The zero-order valence-corrected chi connectivity index (χ0v) is 10.4. The summed E-state index contributed by atoms with van der Waals surface area (Å²) in [7, 11) is 0. The second-order valence-corrected chi connectivity index (χ2v) is 4.33. The monoisotopic (exact) mass is 337 g/mol. The highest BCUT2D eigenvalue weighted by atomic mass is 127. The van der Waals surface area contributed by atoms with Crippen molar-refractivity contribution in [2.75, 3.05) is 0 Å². The summed E-state index contributed by atoms with van der Waals surface area (Å²) < 4.78 is 15.4. The molecule has 15 heavy (non-hydrogen) atoms. The Bertz CT molecular complexity index is 486. The van der Waals surface area contributed by atoms with Crippen LogP contribution in [-0.4, -0.2) is 14.8 Å². The normalized spacial score (nSPS) is 10.6. The number of hydrogen-bond donors (Lipinski definition) is 0. The van der Waals surface area contributed by atoms with Crippen molar-refractivity contribution >= 4 is 34.2 Å². The molecule has 3 nitrogen and oxygen atoms in total. The van der Waals surface area contributed by atoms with Crippen molar-refractivity contribution in [3.63, 3.8) is 0 Å². The van der Waals surface area contributed by atoms with Crippen LogP contribution in [0.3, 0.4) is 0 Å². The minimum atomic E-state index is -0.413. The molecule has 0 amide bonds. The molecule has 0 N–H and O–H groups in total. The molecule has 0 spiro atoms.